The van der Waals surface area contributed by atoms with Crippen molar-refractivity contribution < 1.29 is 4.84 Å². The minimum atomic E-state index is 0.242. The van der Waals surface area contributed by atoms with E-state index >= 15 is 0 Å². The molecule has 90 valence electrons. The average Bonchev–Trinajstić information content (AvgIpc) is 2.24. The van der Waals surface area contributed by atoms with Crippen molar-refractivity contribution in [2.24, 2.45) is 5.90 Å². The Kier molecular flexibility index (Phi) is 4.97. The second-order valence-electron chi connectivity index (χ2n) is 5.27. The zero-order chi connectivity index (χ0) is 12.0. The second kappa shape index (κ2) is 6.02. The molecule has 1 rings (SSSR count). The zero-order valence-electron chi connectivity index (χ0n) is 10.6. The van der Waals surface area contributed by atoms with Gasteiger partial charge in [0.05, 0.1) is 6.61 Å². The third-order valence-corrected chi connectivity index (χ3v) is 2.80. The highest BCUT2D eigenvalue weighted by Crippen LogP contribution is 2.22. The maximum atomic E-state index is 4.98. The lowest BCUT2D eigenvalue weighted by atomic mass is 9.86. The highest BCUT2D eigenvalue weighted by atomic mass is 16.6. The van der Waals surface area contributed by atoms with Gasteiger partial charge < -0.3 is 4.84 Å². The summed E-state index contributed by atoms with van der Waals surface area (Å²) in [6.07, 6.45) is 3.26. The van der Waals surface area contributed by atoms with Gasteiger partial charge in [-0.05, 0) is 35.8 Å². The molecule has 0 aliphatic carbocycles. The third-order valence-electron chi connectivity index (χ3n) is 2.80. The largest absolute Gasteiger partial charge is 0.305 e. The van der Waals surface area contributed by atoms with Crippen LogP contribution in [0.2, 0.25) is 0 Å². The molecule has 0 amide bonds. The molecule has 2 nitrogen and oxygen atoms in total. The lowest BCUT2D eigenvalue weighted by molar-refractivity contribution is 0.134. The standard InChI is InChI=1S/C14H23NO/c1-14(2,3)13-9-7-12(8-10-13)6-4-5-11-16-15/h7-10H,4-6,11,15H2,1-3H3. The van der Waals surface area contributed by atoms with Gasteiger partial charge in [0.25, 0.3) is 0 Å². The number of hydrogen-bond donors (Lipinski definition) is 1. The first-order valence-electron chi connectivity index (χ1n) is 5.95. The summed E-state index contributed by atoms with van der Waals surface area (Å²) < 4.78 is 0. The Morgan fingerprint density at radius 1 is 1.06 bits per heavy atom. The first kappa shape index (κ1) is 13.2. The van der Waals surface area contributed by atoms with Crippen molar-refractivity contribution in [1.29, 1.82) is 0 Å². The van der Waals surface area contributed by atoms with Crippen LogP contribution in [-0.4, -0.2) is 6.61 Å². The number of nitrogens with two attached hydrogens (primary N) is 1. The lowest BCUT2D eigenvalue weighted by Gasteiger charge is -2.19. The summed E-state index contributed by atoms with van der Waals surface area (Å²) in [4.78, 5) is 4.54. The zero-order valence-corrected chi connectivity index (χ0v) is 10.6. The first-order valence-corrected chi connectivity index (χ1v) is 5.95. The molecular weight excluding hydrogens is 198 g/mol. The van der Waals surface area contributed by atoms with Crippen molar-refractivity contribution in [2.45, 2.75) is 45.4 Å². The fourth-order valence-electron chi connectivity index (χ4n) is 1.69. The fraction of sp³-hybridized carbons (Fsp3) is 0.571. The summed E-state index contributed by atoms with van der Waals surface area (Å²) in [5.41, 5.74) is 3.03. The minimum Gasteiger partial charge on any atom is -0.305 e. The molecule has 2 heteroatoms. The van der Waals surface area contributed by atoms with Crippen LogP contribution in [0.1, 0.15) is 44.7 Å². The number of unbranched alkanes of at least 4 members (excludes halogenated alkanes) is 1. The molecule has 0 fully saturated rings. The highest BCUT2D eigenvalue weighted by Gasteiger charge is 2.12. The summed E-state index contributed by atoms with van der Waals surface area (Å²) >= 11 is 0. The number of rotatable bonds is 5. The number of aryl methyl sites for hydroxylation is 1. The molecule has 1 aromatic rings. The van der Waals surface area contributed by atoms with Crippen molar-refractivity contribution >= 4 is 0 Å². The molecule has 1 aromatic carbocycles. The summed E-state index contributed by atoms with van der Waals surface area (Å²) in [5.74, 6) is 4.98. The Bertz CT molecular complexity index is 298. The average molecular weight is 221 g/mol. The predicted molar refractivity (Wildman–Crippen MR) is 68.2 cm³/mol. The Morgan fingerprint density at radius 2 is 1.69 bits per heavy atom. The lowest BCUT2D eigenvalue weighted by Crippen LogP contribution is -2.10. The SMILES string of the molecule is CC(C)(C)c1ccc(CCCCON)cc1. The molecule has 0 aromatic heterocycles. The van der Waals surface area contributed by atoms with Crippen LogP contribution in [0.25, 0.3) is 0 Å². The van der Waals surface area contributed by atoms with Crippen molar-refractivity contribution in [1.82, 2.24) is 0 Å². The molecule has 0 atom stereocenters. The summed E-state index contributed by atoms with van der Waals surface area (Å²) in [6, 6.07) is 8.91. The molecule has 0 aliphatic rings. The van der Waals surface area contributed by atoms with E-state index in [2.05, 4.69) is 49.9 Å². The second-order valence-corrected chi connectivity index (χ2v) is 5.27. The van der Waals surface area contributed by atoms with Crippen LogP contribution in [0.4, 0.5) is 0 Å². The van der Waals surface area contributed by atoms with Gasteiger partial charge in [0.2, 0.25) is 0 Å². The quantitative estimate of drug-likeness (QED) is 0.612. The van der Waals surface area contributed by atoms with Gasteiger partial charge in [-0.2, -0.15) is 0 Å². The van der Waals surface area contributed by atoms with Gasteiger partial charge in [0.1, 0.15) is 0 Å². The van der Waals surface area contributed by atoms with Gasteiger partial charge in [-0.1, -0.05) is 45.0 Å². The van der Waals surface area contributed by atoms with Gasteiger partial charge in [-0.15, -0.1) is 0 Å². The van der Waals surface area contributed by atoms with E-state index in [1.807, 2.05) is 0 Å². The predicted octanol–water partition coefficient (Wildman–Crippen LogP) is 3.20. The van der Waals surface area contributed by atoms with Crippen LogP contribution in [0.3, 0.4) is 0 Å². The van der Waals surface area contributed by atoms with Crippen LogP contribution >= 0.6 is 0 Å². The highest BCUT2D eigenvalue weighted by molar-refractivity contribution is 5.27. The molecular formula is C14H23NO. The molecule has 0 saturated carbocycles. The van der Waals surface area contributed by atoms with E-state index in [1.54, 1.807) is 0 Å². The first-order chi connectivity index (χ1) is 7.54. The van der Waals surface area contributed by atoms with E-state index in [1.165, 1.54) is 11.1 Å². The number of benzene rings is 1. The van der Waals surface area contributed by atoms with Crippen LogP contribution in [-0.2, 0) is 16.7 Å². The molecule has 0 bridgehead atoms. The Morgan fingerprint density at radius 3 is 2.19 bits per heavy atom. The van der Waals surface area contributed by atoms with Gasteiger partial charge in [0.15, 0.2) is 0 Å². The van der Waals surface area contributed by atoms with Crippen molar-refractivity contribution in [3.05, 3.63) is 35.4 Å². The van der Waals surface area contributed by atoms with Crippen molar-refractivity contribution in [3.8, 4) is 0 Å². The van der Waals surface area contributed by atoms with Gasteiger partial charge in [0, 0.05) is 0 Å². The molecule has 0 heterocycles. The molecule has 0 spiro atoms. The summed E-state index contributed by atoms with van der Waals surface area (Å²) in [6.45, 7) is 7.36. The van der Waals surface area contributed by atoms with Crippen LogP contribution in [0.5, 0.6) is 0 Å². The maximum absolute atomic E-state index is 4.98. The molecule has 0 aliphatic heterocycles. The molecule has 0 unspecified atom stereocenters. The Balaban J connectivity index is 2.46. The van der Waals surface area contributed by atoms with Gasteiger partial charge in [-0.3, -0.25) is 0 Å². The van der Waals surface area contributed by atoms with Gasteiger partial charge >= 0.3 is 0 Å². The Hall–Kier alpha value is -0.860. The Labute approximate surface area is 98.8 Å². The van der Waals surface area contributed by atoms with E-state index in [4.69, 9.17) is 5.90 Å². The van der Waals surface area contributed by atoms with E-state index in [0.717, 1.165) is 19.3 Å². The minimum absolute atomic E-state index is 0.242. The maximum Gasteiger partial charge on any atom is 0.0679 e. The van der Waals surface area contributed by atoms with Crippen LogP contribution < -0.4 is 5.90 Å². The van der Waals surface area contributed by atoms with E-state index in [9.17, 15) is 0 Å². The molecule has 2 N–H and O–H groups in total. The topological polar surface area (TPSA) is 35.2 Å². The summed E-state index contributed by atoms with van der Waals surface area (Å²) in [5, 5.41) is 0. The molecule has 0 saturated heterocycles. The van der Waals surface area contributed by atoms with Crippen LogP contribution in [0.15, 0.2) is 24.3 Å². The molecule has 0 radical (unpaired) electrons. The smallest absolute Gasteiger partial charge is 0.0679 e. The third kappa shape index (κ3) is 4.33. The van der Waals surface area contributed by atoms with Crippen molar-refractivity contribution in [2.75, 3.05) is 6.61 Å². The van der Waals surface area contributed by atoms with E-state index in [0.29, 0.717) is 6.61 Å². The van der Waals surface area contributed by atoms with Crippen LogP contribution in [0, 0.1) is 0 Å². The van der Waals surface area contributed by atoms with Gasteiger partial charge in [-0.25, -0.2) is 5.90 Å². The summed E-state index contributed by atoms with van der Waals surface area (Å²) in [7, 11) is 0. The molecule has 16 heavy (non-hydrogen) atoms. The fourth-order valence-corrected chi connectivity index (χ4v) is 1.69. The normalized spacial score (nSPS) is 11.8. The number of hydrogen-bond acceptors (Lipinski definition) is 2. The van der Waals surface area contributed by atoms with E-state index < -0.39 is 0 Å². The van der Waals surface area contributed by atoms with E-state index in [-0.39, 0.29) is 5.41 Å². The van der Waals surface area contributed by atoms with Crippen molar-refractivity contribution in [3.63, 3.8) is 0 Å². The monoisotopic (exact) mass is 221 g/mol.